The van der Waals surface area contributed by atoms with Crippen LogP contribution in [0.4, 0.5) is 0 Å². The molecule has 16 heavy (non-hydrogen) atoms. The Hall–Kier alpha value is -0.560. The number of hydrogen-bond acceptors (Lipinski definition) is 1. The third-order valence-electron chi connectivity index (χ3n) is 3.43. The van der Waals surface area contributed by atoms with Gasteiger partial charge in [-0.2, -0.15) is 0 Å². The standard InChI is InChI=1S/C15H26O/c1-13-7-5-9-14(2,3)11-12-15(4,16)10-6-8-13/h8,11-12,16H,5-7,9-10H2,1-4H3/b12-11+,13-8+/t15-/m0/s1. The van der Waals surface area contributed by atoms with Crippen molar-refractivity contribution < 1.29 is 5.11 Å². The molecule has 0 saturated carbocycles. The minimum atomic E-state index is -0.654. The van der Waals surface area contributed by atoms with Crippen molar-refractivity contribution in [2.24, 2.45) is 5.41 Å². The molecule has 1 rings (SSSR count). The molecule has 0 fully saturated rings. The molecule has 1 aliphatic rings. The Morgan fingerprint density at radius 1 is 1.12 bits per heavy atom. The minimum absolute atomic E-state index is 0.203. The van der Waals surface area contributed by atoms with Crippen LogP contribution in [0.2, 0.25) is 0 Å². The maximum atomic E-state index is 10.2. The lowest BCUT2D eigenvalue weighted by Gasteiger charge is -2.23. The number of allylic oxidation sites excluding steroid dienone is 3. The first-order valence-corrected chi connectivity index (χ1v) is 6.39. The summed E-state index contributed by atoms with van der Waals surface area (Å²) in [7, 11) is 0. The van der Waals surface area contributed by atoms with E-state index >= 15 is 0 Å². The lowest BCUT2D eigenvalue weighted by molar-refractivity contribution is 0.102. The van der Waals surface area contributed by atoms with Crippen LogP contribution in [0.5, 0.6) is 0 Å². The predicted octanol–water partition coefficient (Wildman–Crippen LogP) is 4.23. The molecule has 0 spiro atoms. The van der Waals surface area contributed by atoms with Crippen LogP contribution in [-0.4, -0.2) is 10.7 Å². The molecule has 1 atom stereocenters. The normalized spacial score (nSPS) is 36.9. The van der Waals surface area contributed by atoms with Crippen LogP contribution in [0.1, 0.15) is 59.8 Å². The molecule has 1 heteroatoms. The van der Waals surface area contributed by atoms with Gasteiger partial charge in [-0.15, -0.1) is 0 Å². The van der Waals surface area contributed by atoms with E-state index in [1.165, 1.54) is 24.8 Å². The summed E-state index contributed by atoms with van der Waals surface area (Å²) in [5.41, 5.74) is 1.01. The molecule has 1 nitrogen and oxygen atoms in total. The molecular weight excluding hydrogens is 196 g/mol. The molecule has 1 N–H and O–H groups in total. The summed E-state index contributed by atoms with van der Waals surface area (Å²) in [6, 6.07) is 0. The third kappa shape index (κ3) is 4.98. The summed E-state index contributed by atoms with van der Waals surface area (Å²) in [5, 5.41) is 10.2. The Morgan fingerprint density at radius 3 is 2.50 bits per heavy atom. The second-order valence-electron chi connectivity index (χ2n) is 6.12. The van der Waals surface area contributed by atoms with Gasteiger partial charge >= 0.3 is 0 Å². The van der Waals surface area contributed by atoms with E-state index in [0.717, 1.165) is 12.8 Å². The highest BCUT2D eigenvalue weighted by Gasteiger charge is 2.20. The van der Waals surface area contributed by atoms with Gasteiger partial charge in [0.1, 0.15) is 0 Å². The summed E-state index contributed by atoms with van der Waals surface area (Å²) >= 11 is 0. The van der Waals surface area contributed by atoms with Gasteiger partial charge in [-0.25, -0.2) is 0 Å². The summed E-state index contributed by atoms with van der Waals surface area (Å²) in [6.45, 7) is 8.60. The van der Waals surface area contributed by atoms with E-state index in [1.807, 2.05) is 13.0 Å². The van der Waals surface area contributed by atoms with Gasteiger partial charge in [-0.05, 0) is 51.4 Å². The van der Waals surface area contributed by atoms with E-state index in [9.17, 15) is 5.11 Å². The van der Waals surface area contributed by atoms with Gasteiger partial charge < -0.3 is 5.11 Å². The molecule has 0 aromatic carbocycles. The van der Waals surface area contributed by atoms with Gasteiger partial charge in [0.05, 0.1) is 5.60 Å². The molecule has 0 aromatic heterocycles. The SMILES string of the molecule is C/C1=C\CC[C@](C)(O)/C=C/C(C)(C)CCC1. The van der Waals surface area contributed by atoms with Crippen LogP contribution in [0.25, 0.3) is 0 Å². The summed E-state index contributed by atoms with van der Waals surface area (Å²) in [4.78, 5) is 0. The Kier molecular flexibility index (Phi) is 4.37. The van der Waals surface area contributed by atoms with E-state index in [4.69, 9.17) is 0 Å². The maximum Gasteiger partial charge on any atom is 0.0802 e. The second kappa shape index (κ2) is 5.18. The fraction of sp³-hybridized carbons (Fsp3) is 0.733. The second-order valence-corrected chi connectivity index (χ2v) is 6.12. The third-order valence-corrected chi connectivity index (χ3v) is 3.43. The molecule has 1 aliphatic carbocycles. The summed E-state index contributed by atoms with van der Waals surface area (Å²) in [6.07, 6.45) is 11.9. The molecule has 0 amide bonds. The van der Waals surface area contributed by atoms with Crippen molar-refractivity contribution in [1.82, 2.24) is 0 Å². The van der Waals surface area contributed by atoms with Crippen molar-refractivity contribution in [2.45, 2.75) is 65.4 Å². The first-order valence-electron chi connectivity index (χ1n) is 6.39. The van der Waals surface area contributed by atoms with Crippen LogP contribution in [0, 0.1) is 5.41 Å². The van der Waals surface area contributed by atoms with Crippen molar-refractivity contribution in [3.63, 3.8) is 0 Å². The first-order chi connectivity index (χ1) is 7.31. The zero-order valence-electron chi connectivity index (χ0n) is 11.2. The molecule has 0 aromatic rings. The highest BCUT2D eigenvalue weighted by molar-refractivity contribution is 5.07. The molecule has 92 valence electrons. The van der Waals surface area contributed by atoms with Gasteiger partial charge in [-0.3, -0.25) is 0 Å². The zero-order chi connectivity index (χ0) is 12.2. The minimum Gasteiger partial charge on any atom is -0.386 e. The average Bonchev–Trinajstić information content (AvgIpc) is 2.15. The molecule has 0 saturated heterocycles. The molecule has 0 heterocycles. The Labute approximate surface area is 100 Å². The average molecular weight is 222 g/mol. The van der Waals surface area contributed by atoms with Crippen molar-refractivity contribution in [3.05, 3.63) is 23.8 Å². The van der Waals surface area contributed by atoms with Crippen LogP contribution in [-0.2, 0) is 0 Å². The largest absolute Gasteiger partial charge is 0.386 e. The lowest BCUT2D eigenvalue weighted by Crippen LogP contribution is -2.21. The fourth-order valence-corrected chi connectivity index (χ4v) is 2.11. The maximum absolute atomic E-state index is 10.2. The molecule has 0 unspecified atom stereocenters. The van der Waals surface area contributed by atoms with E-state index in [0.29, 0.717) is 0 Å². The summed E-state index contributed by atoms with van der Waals surface area (Å²) in [5.74, 6) is 0. The van der Waals surface area contributed by atoms with Crippen molar-refractivity contribution in [2.75, 3.05) is 0 Å². The predicted molar refractivity (Wildman–Crippen MR) is 70.4 cm³/mol. The fourth-order valence-electron chi connectivity index (χ4n) is 2.11. The topological polar surface area (TPSA) is 20.2 Å². The first kappa shape index (κ1) is 13.5. The van der Waals surface area contributed by atoms with E-state index < -0.39 is 5.60 Å². The van der Waals surface area contributed by atoms with Crippen LogP contribution in [0.15, 0.2) is 23.8 Å². The lowest BCUT2D eigenvalue weighted by atomic mass is 9.85. The summed E-state index contributed by atoms with van der Waals surface area (Å²) < 4.78 is 0. The monoisotopic (exact) mass is 222 g/mol. The van der Waals surface area contributed by atoms with E-state index in [1.54, 1.807) is 0 Å². The van der Waals surface area contributed by atoms with E-state index in [-0.39, 0.29) is 5.41 Å². The van der Waals surface area contributed by atoms with Gasteiger partial charge in [0.25, 0.3) is 0 Å². The molecule has 0 radical (unpaired) electrons. The van der Waals surface area contributed by atoms with Crippen molar-refractivity contribution in [1.29, 1.82) is 0 Å². The number of aliphatic hydroxyl groups is 1. The Balaban J connectivity index is 2.80. The number of rotatable bonds is 0. The number of hydrogen-bond donors (Lipinski definition) is 1. The van der Waals surface area contributed by atoms with Gasteiger partial charge in [0, 0.05) is 0 Å². The van der Waals surface area contributed by atoms with Crippen molar-refractivity contribution in [3.8, 4) is 0 Å². The zero-order valence-corrected chi connectivity index (χ0v) is 11.2. The van der Waals surface area contributed by atoms with Crippen LogP contribution >= 0.6 is 0 Å². The highest BCUT2D eigenvalue weighted by atomic mass is 16.3. The van der Waals surface area contributed by atoms with Gasteiger partial charge in [0.15, 0.2) is 0 Å². The smallest absolute Gasteiger partial charge is 0.0802 e. The Bertz CT molecular complexity index is 282. The quantitative estimate of drug-likeness (QED) is 0.608. The molecule has 0 aliphatic heterocycles. The van der Waals surface area contributed by atoms with Gasteiger partial charge in [0.2, 0.25) is 0 Å². The Morgan fingerprint density at radius 2 is 1.81 bits per heavy atom. The van der Waals surface area contributed by atoms with Gasteiger partial charge in [-0.1, -0.05) is 37.6 Å². The van der Waals surface area contributed by atoms with E-state index in [2.05, 4.69) is 32.9 Å². The highest BCUT2D eigenvalue weighted by Crippen LogP contribution is 2.29. The van der Waals surface area contributed by atoms with Crippen LogP contribution < -0.4 is 0 Å². The van der Waals surface area contributed by atoms with Crippen LogP contribution in [0.3, 0.4) is 0 Å². The molecule has 0 bridgehead atoms. The van der Waals surface area contributed by atoms with Crippen molar-refractivity contribution >= 4 is 0 Å². The molecular formula is C15H26O.